The normalized spacial score (nSPS) is 16.1. The lowest BCUT2D eigenvalue weighted by Crippen LogP contribution is -2.39. The Hall–Kier alpha value is -2.17. The van der Waals surface area contributed by atoms with E-state index in [-0.39, 0.29) is 24.0 Å². The minimum Gasteiger partial charge on any atom is -0.376 e. The van der Waals surface area contributed by atoms with Crippen molar-refractivity contribution in [2.45, 2.75) is 19.6 Å². The lowest BCUT2D eigenvalue weighted by Gasteiger charge is -2.21. The summed E-state index contributed by atoms with van der Waals surface area (Å²) < 4.78 is 11.3. The summed E-state index contributed by atoms with van der Waals surface area (Å²) in [5, 5.41) is 8.04. The van der Waals surface area contributed by atoms with E-state index in [1.807, 2.05) is 30.3 Å². The number of hydrogen-bond donors (Lipinski definition) is 1. The van der Waals surface area contributed by atoms with Crippen LogP contribution in [0.2, 0.25) is 5.02 Å². The quantitative estimate of drug-likeness (QED) is 0.255. The molecule has 7 nitrogen and oxygen atoms in total. The summed E-state index contributed by atoms with van der Waals surface area (Å²) in [4.78, 5) is 11.1. The second kappa shape index (κ2) is 12.2. The third-order valence-electron chi connectivity index (χ3n) is 5.23. The Labute approximate surface area is 210 Å². The van der Waals surface area contributed by atoms with Gasteiger partial charge in [-0.05, 0) is 36.2 Å². The van der Waals surface area contributed by atoms with Gasteiger partial charge in [-0.3, -0.25) is 4.99 Å². The number of aliphatic imine (C=N–C) groups is 1. The number of halogens is 2. The van der Waals surface area contributed by atoms with Crippen molar-refractivity contribution < 1.29 is 9.26 Å². The number of hydrogen-bond acceptors (Lipinski definition) is 5. The number of guanidine groups is 1. The van der Waals surface area contributed by atoms with E-state index in [4.69, 9.17) is 20.9 Å². The van der Waals surface area contributed by atoms with E-state index in [0.717, 1.165) is 37.6 Å². The van der Waals surface area contributed by atoms with E-state index in [2.05, 4.69) is 37.5 Å². The largest absolute Gasteiger partial charge is 0.376 e. The molecule has 2 heterocycles. The molecule has 4 rings (SSSR count). The average molecular weight is 568 g/mol. The fourth-order valence-corrected chi connectivity index (χ4v) is 3.73. The Balaban J connectivity index is 0.00000289. The molecule has 1 aliphatic heterocycles. The Bertz CT molecular complexity index is 997. The van der Waals surface area contributed by atoms with Crippen LogP contribution >= 0.6 is 35.6 Å². The van der Waals surface area contributed by atoms with Crippen molar-refractivity contribution in [3.05, 3.63) is 71.1 Å². The number of nitrogens with zero attached hydrogens (tertiary/aromatic N) is 4. The topological polar surface area (TPSA) is 75.8 Å². The number of likely N-dealkylation sites (tertiary alicyclic amines) is 1. The van der Waals surface area contributed by atoms with Gasteiger partial charge in [0.2, 0.25) is 11.7 Å². The molecule has 2 aromatic carbocycles. The lowest BCUT2D eigenvalue weighted by atomic mass is 10.1. The highest BCUT2D eigenvalue weighted by molar-refractivity contribution is 14.0. The predicted octanol–water partition coefficient (Wildman–Crippen LogP) is 4.62. The van der Waals surface area contributed by atoms with E-state index in [9.17, 15) is 0 Å². The van der Waals surface area contributed by atoms with Gasteiger partial charge in [-0.2, -0.15) is 4.98 Å². The van der Waals surface area contributed by atoms with E-state index in [0.29, 0.717) is 35.8 Å². The Kier molecular flexibility index (Phi) is 9.31. The Morgan fingerprint density at radius 2 is 2.00 bits per heavy atom. The molecule has 1 atom stereocenters. The minimum atomic E-state index is 0. The molecule has 1 fully saturated rings. The summed E-state index contributed by atoms with van der Waals surface area (Å²) in [7, 11) is 1.79. The van der Waals surface area contributed by atoms with Crippen LogP contribution in [0.25, 0.3) is 11.4 Å². The highest BCUT2D eigenvalue weighted by Crippen LogP contribution is 2.19. The zero-order valence-electron chi connectivity index (χ0n) is 17.9. The number of ether oxygens (including phenoxy) is 1. The van der Waals surface area contributed by atoms with Gasteiger partial charge in [0.25, 0.3) is 0 Å². The first kappa shape index (κ1) is 24.5. The van der Waals surface area contributed by atoms with E-state index < -0.39 is 0 Å². The SMILES string of the molecule is CN=C(NCc1nc(-c2ccc(Cl)cc2)no1)N1CCC(COCc2ccccc2)C1.I. The molecule has 3 aromatic rings. The summed E-state index contributed by atoms with van der Waals surface area (Å²) in [6.45, 7) is 3.67. The molecule has 0 saturated carbocycles. The van der Waals surface area contributed by atoms with Crippen LogP contribution in [0, 0.1) is 5.92 Å². The molecule has 0 bridgehead atoms. The van der Waals surface area contributed by atoms with Gasteiger partial charge in [0.15, 0.2) is 5.96 Å². The molecule has 1 unspecified atom stereocenters. The van der Waals surface area contributed by atoms with Crippen molar-refractivity contribution in [2.24, 2.45) is 10.9 Å². The van der Waals surface area contributed by atoms with Crippen molar-refractivity contribution in [3.63, 3.8) is 0 Å². The summed E-state index contributed by atoms with van der Waals surface area (Å²) in [6.07, 6.45) is 1.08. The maximum atomic E-state index is 5.93. The summed E-state index contributed by atoms with van der Waals surface area (Å²) in [5.41, 5.74) is 2.06. The van der Waals surface area contributed by atoms with Gasteiger partial charge in [-0.15, -0.1) is 24.0 Å². The molecule has 0 aliphatic carbocycles. The van der Waals surface area contributed by atoms with E-state index in [1.54, 1.807) is 19.2 Å². The van der Waals surface area contributed by atoms with Gasteiger partial charge < -0.3 is 19.5 Å². The van der Waals surface area contributed by atoms with Crippen LogP contribution in [0.3, 0.4) is 0 Å². The summed E-state index contributed by atoms with van der Waals surface area (Å²) in [5.74, 6) is 2.37. The van der Waals surface area contributed by atoms with Crippen LogP contribution in [0.4, 0.5) is 0 Å². The van der Waals surface area contributed by atoms with E-state index >= 15 is 0 Å². The third-order valence-corrected chi connectivity index (χ3v) is 5.48. The van der Waals surface area contributed by atoms with E-state index in [1.165, 1.54) is 5.56 Å². The van der Waals surface area contributed by atoms with Crippen LogP contribution < -0.4 is 5.32 Å². The van der Waals surface area contributed by atoms with Crippen molar-refractivity contribution in [1.82, 2.24) is 20.4 Å². The maximum absolute atomic E-state index is 5.93. The van der Waals surface area contributed by atoms with Crippen molar-refractivity contribution in [2.75, 3.05) is 26.7 Å². The fourth-order valence-electron chi connectivity index (χ4n) is 3.61. The summed E-state index contributed by atoms with van der Waals surface area (Å²) >= 11 is 5.93. The van der Waals surface area contributed by atoms with Gasteiger partial charge in [0.05, 0.1) is 19.8 Å². The number of aromatic nitrogens is 2. The maximum Gasteiger partial charge on any atom is 0.246 e. The molecule has 170 valence electrons. The Morgan fingerprint density at radius 1 is 1.22 bits per heavy atom. The smallest absolute Gasteiger partial charge is 0.246 e. The molecule has 1 N–H and O–H groups in total. The van der Waals surface area contributed by atoms with Gasteiger partial charge in [0, 0.05) is 36.6 Å². The van der Waals surface area contributed by atoms with Gasteiger partial charge in [0.1, 0.15) is 0 Å². The van der Waals surface area contributed by atoms with Crippen LogP contribution in [0.15, 0.2) is 64.1 Å². The van der Waals surface area contributed by atoms with Crippen molar-refractivity contribution in [1.29, 1.82) is 0 Å². The Morgan fingerprint density at radius 3 is 2.75 bits per heavy atom. The number of nitrogens with one attached hydrogen (secondary N) is 1. The molecule has 1 aliphatic rings. The van der Waals surface area contributed by atoms with Gasteiger partial charge in [-0.25, -0.2) is 0 Å². The first-order chi connectivity index (χ1) is 15.2. The average Bonchev–Trinajstić information content (AvgIpc) is 3.46. The third kappa shape index (κ3) is 6.66. The highest BCUT2D eigenvalue weighted by Gasteiger charge is 2.25. The first-order valence-corrected chi connectivity index (χ1v) is 10.7. The van der Waals surface area contributed by atoms with Crippen LogP contribution in [0.5, 0.6) is 0 Å². The summed E-state index contributed by atoms with van der Waals surface area (Å²) in [6, 6.07) is 17.6. The molecule has 9 heteroatoms. The monoisotopic (exact) mass is 567 g/mol. The lowest BCUT2D eigenvalue weighted by molar-refractivity contribution is 0.0906. The zero-order valence-corrected chi connectivity index (χ0v) is 21.0. The van der Waals surface area contributed by atoms with Crippen molar-refractivity contribution in [3.8, 4) is 11.4 Å². The molecule has 32 heavy (non-hydrogen) atoms. The van der Waals surface area contributed by atoms with Crippen LogP contribution in [-0.4, -0.2) is 47.7 Å². The number of benzene rings is 2. The minimum absolute atomic E-state index is 0. The molecule has 1 saturated heterocycles. The molecular formula is C23H27ClIN5O2. The fraction of sp³-hybridized carbons (Fsp3) is 0.348. The molecule has 0 radical (unpaired) electrons. The predicted molar refractivity (Wildman–Crippen MR) is 136 cm³/mol. The molecule has 0 amide bonds. The zero-order chi connectivity index (χ0) is 21.5. The molecule has 0 spiro atoms. The first-order valence-electron chi connectivity index (χ1n) is 10.4. The van der Waals surface area contributed by atoms with Gasteiger partial charge >= 0.3 is 0 Å². The second-order valence-electron chi connectivity index (χ2n) is 7.52. The molecular weight excluding hydrogens is 541 g/mol. The second-order valence-corrected chi connectivity index (χ2v) is 7.96. The standard InChI is InChI=1S/C23H26ClN5O2.HI/c1-25-23(26-13-21-27-22(28-31-21)19-7-9-20(24)10-8-19)29-12-11-18(14-29)16-30-15-17-5-3-2-4-6-17;/h2-10,18H,11-16H2,1H3,(H,25,26);1H. The van der Waals surface area contributed by atoms with Crippen LogP contribution in [0.1, 0.15) is 17.9 Å². The van der Waals surface area contributed by atoms with Crippen LogP contribution in [-0.2, 0) is 17.9 Å². The highest BCUT2D eigenvalue weighted by atomic mass is 127. The number of rotatable bonds is 7. The molecule has 1 aromatic heterocycles. The van der Waals surface area contributed by atoms with Crippen molar-refractivity contribution >= 4 is 41.5 Å². The van der Waals surface area contributed by atoms with Gasteiger partial charge in [-0.1, -0.05) is 47.1 Å².